The van der Waals surface area contributed by atoms with Gasteiger partial charge in [-0.15, -0.1) is 0 Å². The summed E-state index contributed by atoms with van der Waals surface area (Å²) >= 11 is 0. The molecule has 0 aromatic rings. The van der Waals surface area contributed by atoms with Crippen molar-refractivity contribution in [3.05, 3.63) is 0 Å². The lowest BCUT2D eigenvalue weighted by molar-refractivity contribution is -0.135. The molecule has 5 heterocycles. The number of carbonyl (C=O) groups excluding carboxylic acids is 2. The van der Waals surface area contributed by atoms with E-state index >= 15 is 0 Å². The zero-order valence-electron chi connectivity index (χ0n) is 26.3. The van der Waals surface area contributed by atoms with Crippen molar-refractivity contribution in [2.75, 3.05) is 46.3 Å². The fourth-order valence-corrected chi connectivity index (χ4v) is 8.52. The quantitative estimate of drug-likeness (QED) is 0.413. The van der Waals surface area contributed by atoms with Crippen molar-refractivity contribution >= 4 is 12.2 Å². The van der Waals surface area contributed by atoms with Gasteiger partial charge in [-0.25, -0.2) is 9.59 Å². The fraction of sp³-hybridized carbons (Fsp3) is 0.938. The molecule has 5 aliphatic rings. The molecule has 0 saturated carbocycles. The molecule has 0 radical (unpaired) electrons. The minimum absolute atomic E-state index is 0.0654. The Morgan fingerprint density at radius 2 is 1.65 bits per heavy atom. The third-order valence-electron chi connectivity index (χ3n) is 11.2. The molecule has 8 nitrogen and oxygen atoms in total. The van der Waals surface area contributed by atoms with Gasteiger partial charge in [-0.3, -0.25) is 4.90 Å². The van der Waals surface area contributed by atoms with E-state index in [0.29, 0.717) is 23.9 Å². The second kappa shape index (κ2) is 11.6. The molecule has 0 aromatic carbocycles. The van der Waals surface area contributed by atoms with Crippen molar-refractivity contribution in [2.24, 2.45) is 11.8 Å². The fourth-order valence-electron chi connectivity index (χ4n) is 8.52. The first kappa shape index (κ1) is 29.9. The number of nitrogens with zero attached hydrogens (tertiary/aromatic N) is 4. The number of likely N-dealkylation sites (tertiary alicyclic amines) is 2. The van der Waals surface area contributed by atoms with Crippen LogP contribution in [0.1, 0.15) is 105 Å². The van der Waals surface area contributed by atoms with Gasteiger partial charge in [0, 0.05) is 75.7 Å². The maximum absolute atomic E-state index is 13.5. The van der Waals surface area contributed by atoms with Crippen LogP contribution >= 0.6 is 0 Å². The van der Waals surface area contributed by atoms with Gasteiger partial charge in [0.05, 0.1) is 0 Å². The minimum atomic E-state index is -0.465. The lowest BCUT2D eigenvalue weighted by Gasteiger charge is -2.55. The van der Waals surface area contributed by atoms with E-state index < -0.39 is 5.60 Å². The summed E-state index contributed by atoms with van der Waals surface area (Å²) in [5.41, 5.74) is -0.719. The number of amides is 2. The van der Waals surface area contributed by atoms with Crippen LogP contribution in [0, 0.1) is 11.8 Å². The molecule has 0 aromatic heterocycles. The van der Waals surface area contributed by atoms with E-state index in [0.717, 1.165) is 71.4 Å². The monoisotopic (exact) mass is 560 g/mol. The third kappa shape index (κ3) is 6.28. The highest BCUT2D eigenvalue weighted by Gasteiger charge is 2.52. The number of hydrogen-bond acceptors (Lipinski definition) is 6. The van der Waals surface area contributed by atoms with Crippen molar-refractivity contribution in [3.8, 4) is 0 Å². The number of hydrogen-bond donors (Lipinski definition) is 0. The molecule has 0 N–H and O–H groups in total. The van der Waals surface area contributed by atoms with Gasteiger partial charge >= 0.3 is 12.2 Å². The molecule has 5 fully saturated rings. The Balaban J connectivity index is 1.17. The van der Waals surface area contributed by atoms with Gasteiger partial charge in [-0.1, -0.05) is 19.8 Å². The number of carbonyl (C=O) groups is 2. The van der Waals surface area contributed by atoms with Crippen LogP contribution in [0.4, 0.5) is 9.59 Å². The van der Waals surface area contributed by atoms with Crippen LogP contribution in [0.25, 0.3) is 0 Å². The zero-order valence-corrected chi connectivity index (χ0v) is 26.3. The molecule has 0 aliphatic carbocycles. The van der Waals surface area contributed by atoms with Crippen LogP contribution in [-0.4, -0.2) is 107 Å². The average Bonchev–Trinajstić information content (AvgIpc) is 3.09. The lowest BCUT2D eigenvalue weighted by Crippen LogP contribution is -2.64. The Morgan fingerprint density at radius 3 is 2.23 bits per heavy atom. The Morgan fingerprint density at radius 1 is 1.02 bits per heavy atom. The largest absolute Gasteiger partial charge is 0.444 e. The summed E-state index contributed by atoms with van der Waals surface area (Å²) in [6, 6.07) is 1.40. The van der Waals surface area contributed by atoms with Crippen LogP contribution in [0.2, 0.25) is 0 Å². The van der Waals surface area contributed by atoms with E-state index in [2.05, 4.69) is 35.6 Å². The summed E-state index contributed by atoms with van der Waals surface area (Å²) in [6.07, 6.45) is 12.1. The van der Waals surface area contributed by atoms with Crippen LogP contribution in [0.5, 0.6) is 0 Å². The summed E-state index contributed by atoms with van der Waals surface area (Å²) in [7, 11) is 2.29. The molecule has 4 atom stereocenters. The third-order valence-corrected chi connectivity index (χ3v) is 11.2. The Hall–Kier alpha value is -1.54. The molecular formula is C32H56N4O4. The molecule has 228 valence electrons. The number of fused-ring (bicyclic) bond motifs is 2. The SMILES string of the molecule is CCCC[C@H]1CN(C[C@H]2C[C@H]3CC[C@@H](C2)N3C)C(=O)OC12CCN(C1(C)CCN(C(=O)OC(C)(C)C)CC1)CC2. The lowest BCUT2D eigenvalue weighted by atomic mass is 9.74. The summed E-state index contributed by atoms with van der Waals surface area (Å²) in [5, 5.41) is 0. The molecule has 40 heavy (non-hydrogen) atoms. The molecule has 2 bridgehead atoms. The van der Waals surface area contributed by atoms with Crippen LogP contribution in [-0.2, 0) is 9.47 Å². The van der Waals surface area contributed by atoms with Gasteiger partial charge in [0.25, 0.3) is 0 Å². The second-order valence-corrected chi connectivity index (χ2v) is 15.0. The van der Waals surface area contributed by atoms with E-state index in [1.54, 1.807) is 0 Å². The number of unbranched alkanes of at least 4 members (excludes halogenated alkanes) is 1. The van der Waals surface area contributed by atoms with E-state index in [1.807, 2.05) is 25.7 Å². The first-order valence-corrected chi connectivity index (χ1v) is 16.3. The topological polar surface area (TPSA) is 65.6 Å². The molecule has 1 spiro atoms. The van der Waals surface area contributed by atoms with Gasteiger partial charge in [-0.05, 0) is 85.6 Å². The maximum Gasteiger partial charge on any atom is 0.410 e. The first-order valence-electron chi connectivity index (χ1n) is 16.3. The van der Waals surface area contributed by atoms with Crippen molar-refractivity contribution < 1.29 is 19.1 Å². The predicted molar refractivity (Wildman–Crippen MR) is 157 cm³/mol. The van der Waals surface area contributed by atoms with Gasteiger partial charge < -0.3 is 24.2 Å². The average molecular weight is 561 g/mol. The smallest absolute Gasteiger partial charge is 0.410 e. The maximum atomic E-state index is 13.5. The highest BCUT2D eigenvalue weighted by molar-refractivity contribution is 5.69. The highest BCUT2D eigenvalue weighted by Crippen LogP contribution is 2.44. The number of rotatable bonds is 6. The minimum Gasteiger partial charge on any atom is -0.444 e. The Kier molecular flexibility index (Phi) is 8.70. The normalized spacial score (nSPS) is 32.8. The highest BCUT2D eigenvalue weighted by atomic mass is 16.6. The van der Waals surface area contributed by atoms with Crippen LogP contribution in [0.15, 0.2) is 0 Å². The van der Waals surface area contributed by atoms with E-state index in [9.17, 15) is 9.59 Å². The van der Waals surface area contributed by atoms with E-state index in [-0.39, 0.29) is 23.3 Å². The van der Waals surface area contributed by atoms with E-state index in [1.165, 1.54) is 38.5 Å². The molecule has 5 saturated heterocycles. The van der Waals surface area contributed by atoms with Gasteiger partial charge in [0.15, 0.2) is 0 Å². The first-order chi connectivity index (χ1) is 18.9. The molecule has 5 aliphatic heterocycles. The molecule has 2 amide bonds. The summed E-state index contributed by atoms with van der Waals surface area (Å²) in [4.78, 5) is 35.2. The Labute approximate surface area is 243 Å². The van der Waals surface area contributed by atoms with Crippen molar-refractivity contribution in [1.82, 2.24) is 19.6 Å². The second-order valence-electron chi connectivity index (χ2n) is 15.0. The predicted octanol–water partition coefficient (Wildman–Crippen LogP) is 5.74. The van der Waals surface area contributed by atoms with Gasteiger partial charge in [0.1, 0.15) is 11.2 Å². The zero-order chi connectivity index (χ0) is 28.7. The van der Waals surface area contributed by atoms with Crippen molar-refractivity contribution in [2.45, 2.75) is 134 Å². The van der Waals surface area contributed by atoms with Crippen molar-refractivity contribution in [3.63, 3.8) is 0 Å². The van der Waals surface area contributed by atoms with Crippen molar-refractivity contribution in [1.29, 1.82) is 0 Å². The molecule has 8 heteroatoms. The van der Waals surface area contributed by atoms with E-state index in [4.69, 9.17) is 9.47 Å². The van der Waals surface area contributed by atoms with Crippen LogP contribution in [0.3, 0.4) is 0 Å². The Bertz CT molecular complexity index is 889. The number of piperidine rings is 3. The molecule has 5 rings (SSSR count). The summed E-state index contributed by atoms with van der Waals surface area (Å²) < 4.78 is 12.1. The standard InChI is InChI=1S/C32H56N4O4/c1-7-8-9-25-23-35(22-24-20-26-10-11-27(21-24)33(26)6)29(38)40-32(25)14-18-36(19-15-32)31(5)12-16-34(17-13-31)28(37)39-30(2,3)4/h24-27H,7-23H2,1-6H3/t24-,25-,26+,27-/m0/s1. The summed E-state index contributed by atoms with van der Waals surface area (Å²) in [6.45, 7) is 15.5. The molecular weight excluding hydrogens is 504 g/mol. The molecule has 0 unspecified atom stereocenters. The summed E-state index contributed by atoms with van der Waals surface area (Å²) in [5.74, 6) is 1.02. The van der Waals surface area contributed by atoms with Gasteiger partial charge in [-0.2, -0.15) is 0 Å². The number of ether oxygens (including phenoxy) is 2. The van der Waals surface area contributed by atoms with Gasteiger partial charge in [0.2, 0.25) is 0 Å². The van der Waals surface area contributed by atoms with Crippen LogP contribution < -0.4 is 0 Å².